The molecule has 0 unspecified atom stereocenters. The van der Waals surface area contributed by atoms with Gasteiger partial charge in [0.2, 0.25) is 0 Å². The van der Waals surface area contributed by atoms with Gasteiger partial charge in [-0.15, -0.1) is 0 Å². The Morgan fingerprint density at radius 2 is 0.643 bits per heavy atom. The molecular formula is C36H30N6. The molecule has 6 aromatic rings. The first-order valence-electron chi connectivity index (χ1n) is 14.4. The number of rotatable bonds is 6. The van der Waals surface area contributed by atoms with Crippen LogP contribution in [0.5, 0.6) is 0 Å². The summed E-state index contributed by atoms with van der Waals surface area (Å²) in [5.74, 6) is 1.15. The highest BCUT2D eigenvalue weighted by Crippen LogP contribution is 2.48. The zero-order chi connectivity index (χ0) is 28.1. The Bertz CT molecular complexity index is 1510. The molecular weight excluding hydrogens is 516 g/mol. The van der Waals surface area contributed by atoms with Gasteiger partial charge in [0.1, 0.15) is 0 Å². The summed E-state index contributed by atoms with van der Waals surface area (Å²) in [7, 11) is 0. The fourth-order valence-electron chi connectivity index (χ4n) is 6.16. The first kappa shape index (κ1) is 25.8. The van der Waals surface area contributed by atoms with Crippen LogP contribution in [0.4, 0.5) is 0 Å². The van der Waals surface area contributed by atoms with Crippen molar-refractivity contribution in [2.75, 3.05) is 0 Å². The number of nitrogens with zero attached hydrogens (tertiary/aromatic N) is 6. The minimum absolute atomic E-state index is 0.382. The summed E-state index contributed by atoms with van der Waals surface area (Å²) >= 11 is 0. The Balaban J connectivity index is 1.18. The van der Waals surface area contributed by atoms with E-state index in [9.17, 15) is 0 Å². The minimum Gasteiger partial charge on any atom is -0.265 e. The predicted octanol–water partition coefficient (Wildman–Crippen LogP) is 7.89. The molecule has 1 aliphatic carbocycles. The molecule has 1 aliphatic rings. The Morgan fingerprint density at radius 1 is 0.357 bits per heavy atom. The lowest BCUT2D eigenvalue weighted by Crippen LogP contribution is -2.20. The third-order valence-corrected chi connectivity index (χ3v) is 8.41. The molecule has 0 aromatic carbocycles. The molecule has 1 saturated carbocycles. The highest BCUT2D eigenvalue weighted by Gasteiger charge is 2.32. The van der Waals surface area contributed by atoms with Gasteiger partial charge in [0.05, 0.1) is 17.1 Å². The van der Waals surface area contributed by atoms with Crippen LogP contribution < -0.4 is 0 Å². The lowest BCUT2D eigenvalue weighted by atomic mass is 9.69. The van der Waals surface area contributed by atoms with E-state index in [1.165, 1.54) is 16.7 Å². The number of hydrogen-bond acceptors (Lipinski definition) is 6. The van der Waals surface area contributed by atoms with Crippen LogP contribution in [0, 0.1) is 0 Å². The van der Waals surface area contributed by atoms with Gasteiger partial charge in [-0.3, -0.25) is 29.9 Å². The van der Waals surface area contributed by atoms with Crippen LogP contribution in [0.25, 0.3) is 33.8 Å². The zero-order valence-electron chi connectivity index (χ0n) is 23.2. The standard InChI is InChI=1S/C36H30N6/c1-4-34(25-7-13-37-14-8-25)40-22-28(1)31-19-32(29-2-5-35(41-23-29)26-9-15-38-16-10-26)21-33(20-31)30-3-6-36(42-24-30)27-11-17-39-18-12-27/h1-18,22-24,31-33H,19-21H2. The number of pyridine rings is 6. The molecule has 6 aromatic heterocycles. The van der Waals surface area contributed by atoms with Gasteiger partial charge < -0.3 is 0 Å². The third kappa shape index (κ3) is 5.56. The maximum atomic E-state index is 4.85. The monoisotopic (exact) mass is 546 g/mol. The molecule has 7 rings (SSSR count). The average molecular weight is 547 g/mol. The van der Waals surface area contributed by atoms with E-state index in [0.29, 0.717) is 17.8 Å². The van der Waals surface area contributed by atoms with Crippen molar-refractivity contribution in [1.82, 2.24) is 29.9 Å². The molecule has 0 aliphatic heterocycles. The summed E-state index contributed by atoms with van der Waals surface area (Å²) in [5, 5.41) is 0. The smallest absolute Gasteiger partial charge is 0.0703 e. The summed E-state index contributed by atoms with van der Waals surface area (Å²) in [6, 6.07) is 25.2. The SMILES string of the molecule is c1cc(-c2ccc(C3CC(c4ccc(-c5ccncc5)nc4)CC(c4ccc(-c5ccncc5)nc4)C3)cn2)ccn1. The largest absolute Gasteiger partial charge is 0.265 e. The van der Waals surface area contributed by atoms with Crippen molar-refractivity contribution in [3.05, 3.63) is 145 Å². The summed E-state index contributed by atoms with van der Waals surface area (Å²) in [5.41, 5.74) is 10.00. The Kier molecular flexibility index (Phi) is 7.25. The molecule has 204 valence electrons. The van der Waals surface area contributed by atoms with E-state index in [2.05, 4.69) is 69.9 Å². The summed E-state index contributed by atoms with van der Waals surface area (Å²) in [6.07, 6.45) is 20.2. The van der Waals surface area contributed by atoms with Crippen molar-refractivity contribution in [3.8, 4) is 33.8 Å². The van der Waals surface area contributed by atoms with Crippen molar-refractivity contribution in [2.45, 2.75) is 37.0 Å². The Labute approximate surface area is 245 Å². The van der Waals surface area contributed by atoms with E-state index >= 15 is 0 Å². The highest BCUT2D eigenvalue weighted by atomic mass is 14.7. The summed E-state index contributed by atoms with van der Waals surface area (Å²) in [4.78, 5) is 27.0. The second kappa shape index (κ2) is 11.8. The van der Waals surface area contributed by atoms with E-state index in [4.69, 9.17) is 15.0 Å². The predicted molar refractivity (Wildman–Crippen MR) is 164 cm³/mol. The van der Waals surface area contributed by atoms with Crippen LogP contribution in [0.1, 0.15) is 53.7 Å². The van der Waals surface area contributed by atoms with Crippen LogP contribution in [0.15, 0.2) is 129 Å². The van der Waals surface area contributed by atoms with E-state index in [1.54, 1.807) is 0 Å². The molecule has 0 atom stereocenters. The molecule has 0 radical (unpaired) electrons. The van der Waals surface area contributed by atoms with Crippen molar-refractivity contribution in [2.24, 2.45) is 0 Å². The van der Waals surface area contributed by atoms with E-state index in [1.807, 2.05) is 73.6 Å². The van der Waals surface area contributed by atoms with Gasteiger partial charge >= 0.3 is 0 Å². The minimum atomic E-state index is 0.382. The second-order valence-electron chi connectivity index (χ2n) is 10.9. The van der Waals surface area contributed by atoms with Crippen molar-refractivity contribution in [3.63, 3.8) is 0 Å². The average Bonchev–Trinajstić information content (AvgIpc) is 3.09. The van der Waals surface area contributed by atoms with E-state index < -0.39 is 0 Å². The molecule has 0 bridgehead atoms. The van der Waals surface area contributed by atoms with Gasteiger partial charge in [-0.1, -0.05) is 18.2 Å². The van der Waals surface area contributed by atoms with E-state index in [0.717, 1.165) is 53.0 Å². The highest BCUT2D eigenvalue weighted by molar-refractivity contribution is 5.60. The molecule has 6 nitrogen and oxygen atoms in total. The van der Waals surface area contributed by atoms with Crippen LogP contribution in [-0.4, -0.2) is 29.9 Å². The quantitative estimate of drug-likeness (QED) is 0.211. The van der Waals surface area contributed by atoms with Gasteiger partial charge in [0, 0.05) is 72.5 Å². The number of aromatic nitrogens is 6. The topological polar surface area (TPSA) is 77.3 Å². The second-order valence-corrected chi connectivity index (χ2v) is 10.9. The van der Waals surface area contributed by atoms with Crippen LogP contribution in [-0.2, 0) is 0 Å². The van der Waals surface area contributed by atoms with Gasteiger partial charge in [0.25, 0.3) is 0 Å². The Hall–Kier alpha value is -5.10. The zero-order valence-corrected chi connectivity index (χ0v) is 23.2. The summed E-state index contributed by atoms with van der Waals surface area (Å²) in [6.45, 7) is 0. The Morgan fingerprint density at radius 3 is 0.881 bits per heavy atom. The molecule has 6 heteroatoms. The molecule has 1 fully saturated rings. The molecule has 0 amide bonds. The molecule has 42 heavy (non-hydrogen) atoms. The lowest BCUT2D eigenvalue weighted by molar-refractivity contribution is 0.350. The maximum Gasteiger partial charge on any atom is 0.0703 e. The lowest BCUT2D eigenvalue weighted by Gasteiger charge is -2.35. The van der Waals surface area contributed by atoms with Gasteiger partial charge in [-0.05, 0) is 108 Å². The maximum absolute atomic E-state index is 4.85. The van der Waals surface area contributed by atoms with Gasteiger partial charge in [-0.25, -0.2) is 0 Å². The van der Waals surface area contributed by atoms with Crippen molar-refractivity contribution < 1.29 is 0 Å². The first-order valence-corrected chi connectivity index (χ1v) is 14.4. The van der Waals surface area contributed by atoms with Gasteiger partial charge in [0.15, 0.2) is 0 Å². The van der Waals surface area contributed by atoms with Crippen LogP contribution >= 0.6 is 0 Å². The van der Waals surface area contributed by atoms with Gasteiger partial charge in [-0.2, -0.15) is 0 Å². The van der Waals surface area contributed by atoms with Crippen molar-refractivity contribution >= 4 is 0 Å². The van der Waals surface area contributed by atoms with Crippen molar-refractivity contribution in [1.29, 1.82) is 0 Å². The molecule has 6 heterocycles. The third-order valence-electron chi connectivity index (χ3n) is 8.41. The van der Waals surface area contributed by atoms with Crippen LogP contribution in [0.3, 0.4) is 0 Å². The van der Waals surface area contributed by atoms with Crippen LogP contribution in [0.2, 0.25) is 0 Å². The first-order chi connectivity index (χ1) is 20.8. The fraction of sp³-hybridized carbons (Fsp3) is 0.167. The van der Waals surface area contributed by atoms with E-state index in [-0.39, 0.29) is 0 Å². The summed E-state index contributed by atoms with van der Waals surface area (Å²) < 4.78 is 0. The molecule has 0 N–H and O–H groups in total. The fourth-order valence-corrected chi connectivity index (χ4v) is 6.16. The molecule has 0 saturated heterocycles. The number of hydrogen-bond donors (Lipinski definition) is 0. The molecule has 0 spiro atoms. The normalized spacial score (nSPS) is 18.4.